The summed E-state index contributed by atoms with van der Waals surface area (Å²) in [6.07, 6.45) is 2.64. The SMILES string of the molecule is Cc1cc(S(=O)(=O)Nc2ccc(N3CCc4ccccc4C3)cn2)ccc1F. The lowest BCUT2D eigenvalue weighted by molar-refractivity contribution is 0.598. The van der Waals surface area contributed by atoms with Crippen LogP contribution in [0, 0.1) is 12.7 Å². The highest BCUT2D eigenvalue weighted by molar-refractivity contribution is 7.92. The number of fused-ring (bicyclic) bond motifs is 1. The molecule has 0 spiro atoms. The Labute approximate surface area is 163 Å². The molecule has 0 bridgehead atoms. The molecule has 0 radical (unpaired) electrons. The lowest BCUT2D eigenvalue weighted by atomic mass is 10.00. The third-order valence-corrected chi connectivity index (χ3v) is 6.27. The van der Waals surface area contributed by atoms with Crippen molar-refractivity contribution in [3.63, 3.8) is 0 Å². The fourth-order valence-corrected chi connectivity index (χ4v) is 4.42. The number of rotatable bonds is 4. The minimum absolute atomic E-state index is 0.00455. The van der Waals surface area contributed by atoms with Gasteiger partial charge in [-0.25, -0.2) is 17.8 Å². The molecule has 2 aromatic carbocycles. The summed E-state index contributed by atoms with van der Waals surface area (Å²) in [5.74, 6) is -0.215. The van der Waals surface area contributed by atoms with Gasteiger partial charge in [-0.3, -0.25) is 4.72 Å². The summed E-state index contributed by atoms with van der Waals surface area (Å²) in [5.41, 5.74) is 3.88. The zero-order valence-electron chi connectivity index (χ0n) is 15.4. The van der Waals surface area contributed by atoms with E-state index < -0.39 is 15.8 Å². The molecule has 0 fully saturated rings. The second kappa shape index (κ2) is 7.24. The molecule has 0 saturated heterocycles. The fraction of sp³-hybridized carbons (Fsp3) is 0.190. The molecule has 0 amide bonds. The van der Waals surface area contributed by atoms with Crippen molar-refractivity contribution in [2.45, 2.75) is 24.8 Å². The highest BCUT2D eigenvalue weighted by atomic mass is 32.2. The predicted molar refractivity (Wildman–Crippen MR) is 107 cm³/mol. The minimum atomic E-state index is -3.82. The largest absolute Gasteiger partial charge is 0.366 e. The summed E-state index contributed by atoms with van der Waals surface area (Å²) in [5, 5.41) is 0. The molecule has 1 aromatic heterocycles. The third-order valence-electron chi connectivity index (χ3n) is 4.92. The first kappa shape index (κ1) is 18.4. The van der Waals surface area contributed by atoms with Gasteiger partial charge < -0.3 is 4.90 Å². The predicted octanol–water partition coefficient (Wildman–Crippen LogP) is 3.89. The maximum atomic E-state index is 13.4. The van der Waals surface area contributed by atoms with Crippen molar-refractivity contribution < 1.29 is 12.8 Å². The van der Waals surface area contributed by atoms with E-state index in [0.29, 0.717) is 0 Å². The molecule has 0 unspecified atom stereocenters. The van der Waals surface area contributed by atoms with Gasteiger partial charge in [0.25, 0.3) is 10.0 Å². The van der Waals surface area contributed by atoms with E-state index in [-0.39, 0.29) is 16.3 Å². The number of hydrogen-bond acceptors (Lipinski definition) is 4. The Morgan fingerprint density at radius 2 is 1.86 bits per heavy atom. The van der Waals surface area contributed by atoms with Crippen LogP contribution in [-0.2, 0) is 23.0 Å². The number of aryl methyl sites for hydroxylation is 1. The number of anilines is 2. The van der Waals surface area contributed by atoms with Crippen LogP contribution in [0.2, 0.25) is 0 Å². The van der Waals surface area contributed by atoms with Crippen molar-refractivity contribution in [3.8, 4) is 0 Å². The molecule has 7 heteroatoms. The molecule has 0 aliphatic carbocycles. The van der Waals surface area contributed by atoms with Gasteiger partial charge in [-0.05, 0) is 60.4 Å². The smallest absolute Gasteiger partial charge is 0.263 e. The molecule has 5 nitrogen and oxygen atoms in total. The van der Waals surface area contributed by atoms with E-state index in [1.54, 1.807) is 12.3 Å². The van der Waals surface area contributed by atoms with Crippen molar-refractivity contribution >= 4 is 21.5 Å². The van der Waals surface area contributed by atoms with Gasteiger partial charge in [-0.1, -0.05) is 24.3 Å². The number of aromatic nitrogens is 1. The number of pyridine rings is 1. The number of nitrogens with one attached hydrogen (secondary N) is 1. The summed E-state index contributed by atoms with van der Waals surface area (Å²) in [6.45, 7) is 3.22. The van der Waals surface area contributed by atoms with Gasteiger partial charge in [0, 0.05) is 13.1 Å². The Morgan fingerprint density at radius 3 is 2.57 bits per heavy atom. The number of halogens is 1. The molecular formula is C21H20FN3O2S. The van der Waals surface area contributed by atoms with Crippen molar-refractivity contribution in [2.75, 3.05) is 16.2 Å². The second-order valence-corrected chi connectivity index (χ2v) is 8.54. The van der Waals surface area contributed by atoms with E-state index in [2.05, 4.69) is 32.8 Å². The van der Waals surface area contributed by atoms with Gasteiger partial charge in [0.1, 0.15) is 11.6 Å². The molecular weight excluding hydrogens is 377 g/mol. The molecule has 1 aliphatic heterocycles. The third kappa shape index (κ3) is 3.71. The standard InChI is InChI=1S/C21H20FN3O2S/c1-15-12-19(7-8-20(15)22)28(26,27)24-21-9-6-18(13-23-21)25-11-10-16-4-2-3-5-17(16)14-25/h2-9,12-13H,10-11,14H2,1H3,(H,23,24). The lowest BCUT2D eigenvalue weighted by Crippen LogP contribution is -2.30. The monoisotopic (exact) mass is 397 g/mol. The number of sulfonamides is 1. The van der Waals surface area contributed by atoms with Crippen molar-refractivity contribution in [2.24, 2.45) is 0 Å². The van der Waals surface area contributed by atoms with E-state index in [0.717, 1.165) is 31.3 Å². The number of nitrogens with zero attached hydrogens (tertiary/aromatic N) is 2. The number of hydrogen-bond donors (Lipinski definition) is 1. The van der Waals surface area contributed by atoms with E-state index >= 15 is 0 Å². The molecule has 0 saturated carbocycles. The Balaban J connectivity index is 1.50. The van der Waals surface area contributed by atoms with Crippen LogP contribution >= 0.6 is 0 Å². The van der Waals surface area contributed by atoms with Crippen LogP contribution in [-0.4, -0.2) is 19.9 Å². The Kier molecular flexibility index (Phi) is 4.77. The van der Waals surface area contributed by atoms with Crippen molar-refractivity contribution in [1.82, 2.24) is 4.98 Å². The zero-order valence-corrected chi connectivity index (χ0v) is 16.2. The summed E-state index contributed by atoms with van der Waals surface area (Å²) in [6, 6.07) is 15.6. The van der Waals surface area contributed by atoms with E-state index in [1.807, 2.05) is 12.1 Å². The first-order chi connectivity index (χ1) is 13.4. The molecule has 3 aromatic rings. The quantitative estimate of drug-likeness (QED) is 0.725. The van der Waals surface area contributed by atoms with E-state index in [9.17, 15) is 12.8 Å². The van der Waals surface area contributed by atoms with Gasteiger partial charge in [-0.15, -0.1) is 0 Å². The van der Waals surface area contributed by atoms with Gasteiger partial charge in [-0.2, -0.15) is 0 Å². The minimum Gasteiger partial charge on any atom is -0.366 e. The second-order valence-electron chi connectivity index (χ2n) is 6.86. The van der Waals surface area contributed by atoms with Crippen LogP contribution in [0.1, 0.15) is 16.7 Å². The maximum Gasteiger partial charge on any atom is 0.263 e. The van der Waals surface area contributed by atoms with Crippen LogP contribution in [0.15, 0.2) is 65.7 Å². The Morgan fingerprint density at radius 1 is 1.07 bits per heavy atom. The first-order valence-corrected chi connectivity index (χ1v) is 10.5. The highest BCUT2D eigenvalue weighted by Crippen LogP contribution is 2.25. The maximum absolute atomic E-state index is 13.4. The average Bonchev–Trinajstić information content (AvgIpc) is 2.70. The van der Waals surface area contributed by atoms with Crippen molar-refractivity contribution in [1.29, 1.82) is 0 Å². The van der Waals surface area contributed by atoms with E-state index in [4.69, 9.17) is 0 Å². The molecule has 4 rings (SSSR count). The fourth-order valence-electron chi connectivity index (χ4n) is 3.33. The van der Waals surface area contributed by atoms with Crippen LogP contribution < -0.4 is 9.62 Å². The lowest BCUT2D eigenvalue weighted by Gasteiger charge is -2.30. The van der Waals surface area contributed by atoms with Crippen LogP contribution in [0.25, 0.3) is 0 Å². The molecule has 1 aliphatic rings. The molecule has 28 heavy (non-hydrogen) atoms. The summed E-state index contributed by atoms with van der Waals surface area (Å²) < 4.78 is 40.9. The molecule has 0 atom stereocenters. The van der Waals surface area contributed by atoms with Gasteiger partial charge >= 0.3 is 0 Å². The van der Waals surface area contributed by atoms with Crippen LogP contribution in [0.4, 0.5) is 15.9 Å². The Bertz CT molecular complexity index is 1110. The van der Waals surface area contributed by atoms with E-state index in [1.165, 1.54) is 30.2 Å². The summed E-state index contributed by atoms with van der Waals surface area (Å²) in [7, 11) is -3.82. The van der Waals surface area contributed by atoms with Crippen LogP contribution in [0.3, 0.4) is 0 Å². The van der Waals surface area contributed by atoms with Crippen LogP contribution in [0.5, 0.6) is 0 Å². The normalized spacial score (nSPS) is 13.9. The van der Waals surface area contributed by atoms with Crippen molar-refractivity contribution in [3.05, 3.63) is 83.3 Å². The summed E-state index contributed by atoms with van der Waals surface area (Å²) >= 11 is 0. The molecule has 144 valence electrons. The molecule has 2 heterocycles. The zero-order chi connectivity index (χ0) is 19.7. The average molecular weight is 397 g/mol. The number of benzene rings is 2. The van der Waals surface area contributed by atoms with Gasteiger partial charge in [0.2, 0.25) is 0 Å². The van der Waals surface area contributed by atoms with Gasteiger partial charge in [0.05, 0.1) is 16.8 Å². The molecule has 1 N–H and O–H groups in total. The Hall–Kier alpha value is -2.93. The van der Waals surface area contributed by atoms with Gasteiger partial charge in [0.15, 0.2) is 0 Å². The summed E-state index contributed by atoms with van der Waals surface area (Å²) in [4.78, 5) is 6.48. The highest BCUT2D eigenvalue weighted by Gasteiger charge is 2.18. The first-order valence-electron chi connectivity index (χ1n) is 8.99. The topological polar surface area (TPSA) is 62.3 Å².